The smallest absolute Gasteiger partial charge is 0.238 e. The maximum Gasteiger partial charge on any atom is 0.238 e. The number of rotatable bonds is 6. The summed E-state index contributed by atoms with van der Waals surface area (Å²) >= 11 is 0. The Morgan fingerprint density at radius 3 is 2.16 bits per heavy atom. The van der Waals surface area contributed by atoms with E-state index < -0.39 is 16.1 Å². The number of hydrogen-bond acceptors (Lipinski definition) is 4. The molecule has 0 aliphatic heterocycles. The average molecular weight is 286 g/mol. The Kier molecular flexibility index (Phi) is 5.49. The zero-order chi connectivity index (χ0) is 14.6. The minimum Gasteiger partial charge on any atom is -0.392 e. The lowest BCUT2D eigenvalue weighted by atomic mass is 10.1. The molecule has 0 amide bonds. The standard InChI is InChI=1S/C13H22N2O3S/c1-9(2)13(16)8-15-10(3)11-4-6-12(7-5-11)19(14,17)18/h4-7,9-10,13,15-16H,8H2,1-3H3,(H2,14,17,18). The molecular weight excluding hydrogens is 264 g/mol. The van der Waals surface area contributed by atoms with E-state index in [1.54, 1.807) is 12.1 Å². The first kappa shape index (κ1) is 16.1. The first-order valence-electron chi connectivity index (χ1n) is 6.26. The summed E-state index contributed by atoms with van der Waals surface area (Å²) in [6, 6.07) is 6.45. The summed E-state index contributed by atoms with van der Waals surface area (Å²) in [6.07, 6.45) is -0.397. The van der Waals surface area contributed by atoms with Gasteiger partial charge in [-0.25, -0.2) is 13.6 Å². The topological polar surface area (TPSA) is 92.4 Å². The Hall–Kier alpha value is -0.950. The lowest BCUT2D eigenvalue weighted by molar-refractivity contribution is 0.120. The predicted molar refractivity (Wildman–Crippen MR) is 75.1 cm³/mol. The van der Waals surface area contributed by atoms with Gasteiger partial charge in [-0.3, -0.25) is 0 Å². The van der Waals surface area contributed by atoms with Crippen molar-refractivity contribution in [1.82, 2.24) is 5.32 Å². The van der Waals surface area contributed by atoms with Gasteiger partial charge in [0.05, 0.1) is 11.0 Å². The molecule has 0 aliphatic rings. The highest BCUT2D eigenvalue weighted by Gasteiger charge is 2.13. The summed E-state index contributed by atoms with van der Waals surface area (Å²) in [5.41, 5.74) is 0.948. The molecule has 1 aromatic carbocycles. The third kappa shape index (κ3) is 4.91. The van der Waals surface area contributed by atoms with Crippen LogP contribution in [0.3, 0.4) is 0 Å². The van der Waals surface area contributed by atoms with Crippen LogP contribution in [0.25, 0.3) is 0 Å². The lowest BCUT2D eigenvalue weighted by Gasteiger charge is -2.19. The fourth-order valence-electron chi connectivity index (χ4n) is 1.60. The molecule has 0 aromatic heterocycles. The van der Waals surface area contributed by atoms with Gasteiger partial charge in [-0.2, -0.15) is 0 Å². The Morgan fingerprint density at radius 1 is 1.21 bits per heavy atom. The van der Waals surface area contributed by atoms with Crippen molar-refractivity contribution in [2.24, 2.45) is 11.1 Å². The highest BCUT2D eigenvalue weighted by Crippen LogP contribution is 2.15. The Labute approximate surface area is 114 Å². The van der Waals surface area contributed by atoms with Gasteiger partial charge in [-0.15, -0.1) is 0 Å². The summed E-state index contributed by atoms with van der Waals surface area (Å²) in [7, 11) is -3.64. The second-order valence-electron chi connectivity index (χ2n) is 5.06. The minimum absolute atomic E-state index is 0.0305. The molecule has 0 aliphatic carbocycles. The monoisotopic (exact) mass is 286 g/mol. The number of hydrogen-bond donors (Lipinski definition) is 3. The van der Waals surface area contributed by atoms with Crippen LogP contribution in [0.15, 0.2) is 29.2 Å². The van der Waals surface area contributed by atoms with Crippen molar-refractivity contribution in [3.8, 4) is 0 Å². The van der Waals surface area contributed by atoms with Gasteiger partial charge in [0.15, 0.2) is 0 Å². The summed E-state index contributed by atoms with van der Waals surface area (Å²) in [5, 5.41) is 18.0. The van der Waals surface area contributed by atoms with Crippen LogP contribution < -0.4 is 10.5 Å². The third-order valence-electron chi connectivity index (χ3n) is 3.11. The molecular formula is C13H22N2O3S. The zero-order valence-electron chi connectivity index (χ0n) is 11.5. The van der Waals surface area contributed by atoms with Crippen LogP contribution in [0.5, 0.6) is 0 Å². The van der Waals surface area contributed by atoms with Gasteiger partial charge in [0.25, 0.3) is 0 Å². The van der Waals surface area contributed by atoms with Crippen molar-refractivity contribution < 1.29 is 13.5 Å². The van der Waals surface area contributed by atoms with Crippen molar-refractivity contribution in [1.29, 1.82) is 0 Å². The summed E-state index contributed by atoms with van der Waals surface area (Å²) in [5.74, 6) is 0.199. The van der Waals surface area contributed by atoms with Crippen LogP contribution in [0.1, 0.15) is 32.4 Å². The highest BCUT2D eigenvalue weighted by molar-refractivity contribution is 7.89. The van der Waals surface area contributed by atoms with Crippen LogP contribution in [-0.2, 0) is 10.0 Å². The normalized spacial score (nSPS) is 15.5. The van der Waals surface area contributed by atoms with Crippen molar-refractivity contribution in [3.63, 3.8) is 0 Å². The average Bonchev–Trinajstić information content (AvgIpc) is 2.34. The molecule has 0 heterocycles. The van der Waals surface area contributed by atoms with Crippen LogP contribution >= 0.6 is 0 Å². The van der Waals surface area contributed by atoms with E-state index in [4.69, 9.17) is 5.14 Å². The van der Waals surface area contributed by atoms with E-state index >= 15 is 0 Å². The fourth-order valence-corrected chi connectivity index (χ4v) is 2.11. The third-order valence-corrected chi connectivity index (χ3v) is 4.04. The zero-order valence-corrected chi connectivity index (χ0v) is 12.3. The fraction of sp³-hybridized carbons (Fsp3) is 0.538. The van der Waals surface area contributed by atoms with E-state index in [-0.39, 0.29) is 16.9 Å². The van der Waals surface area contributed by atoms with Crippen molar-refractivity contribution in [3.05, 3.63) is 29.8 Å². The Balaban J connectivity index is 2.66. The first-order chi connectivity index (χ1) is 8.71. The number of nitrogens with two attached hydrogens (primary N) is 1. The maximum absolute atomic E-state index is 11.1. The largest absolute Gasteiger partial charge is 0.392 e. The minimum atomic E-state index is -3.64. The van der Waals surface area contributed by atoms with Gasteiger partial charge in [0.2, 0.25) is 10.0 Å². The number of sulfonamides is 1. The molecule has 0 bridgehead atoms. The van der Waals surface area contributed by atoms with Gasteiger partial charge in [-0.05, 0) is 30.5 Å². The number of primary sulfonamides is 1. The molecule has 0 saturated heterocycles. The molecule has 108 valence electrons. The second kappa shape index (κ2) is 6.47. The van der Waals surface area contributed by atoms with Crippen LogP contribution in [0, 0.1) is 5.92 Å². The van der Waals surface area contributed by atoms with Crippen LogP contribution in [-0.4, -0.2) is 26.2 Å². The van der Waals surface area contributed by atoms with E-state index in [0.717, 1.165) is 5.56 Å². The molecule has 0 fully saturated rings. The van der Waals surface area contributed by atoms with E-state index in [0.29, 0.717) is 6.54 Å². The summed E-state index contributed by atoms with van der Waals surface area (Å²) in [6.45, 7) is 6.37. The Morgan fingerprint density at radius 2 is 1.74 bits per heavy atom. The molecule has 5 nitrogen and oxygen atoms in total. The van der Waals surface area contributed by atoms with E-state index in [2.05, 4.69) is 5.32 Å². The van der Waals surface area contributed by atoms with Crippen LogP contribution in [0.4, 0.5) is 0 Å². The molecule has 19 heavy (non-hydrogen) atoms. The first-order valence-corrected chi connectivity index (χ1v) is 7.80. The van der Waals surface area contributed by atoms with E-state index in [9.17, 15) is 13.5 Å². The van der Waals surface area contributed by atoms with Gasteiger partial charge in [-0.1, -0.05) is 26.0 Å². The summed E-state index contributed by atoms with van der Waals surface area (Å²) in [4.78, 5) is 0.102. The number of nitrogens with one attached hydrogen (secondary N) is 1. The molecule has 0 saturated carbocycles. The van der Waals surface area contributed by atoms with Crippen molar-refractivity contribution >= 4 is 10.0 Å². The van der Waals surface area contributed by atoms with Gasteiger partial charge >= 0.3 is 0 Å². The van der Waals surface area contributed by atoms with E-state index in [1.807, 2.05) is 20.8 Å². The van der Waals surface area contributed by atoms with Crippen molar-refractivity contribution in [2.45, 2.75) is 37.8 Å². The van der Waals surface area contributed by atoms with Gasteiger partial charge in [0.1, 0.15) is 0 Å². The molecule has 1 aromatic rings. The predicted octanol–water partition coefficient (Wildman–Crippen LogP) is 1.00. The molecule has 4 N–H and O–H groups in total. The SMILES string of the molecule is CC(NCC(O)C(C)C)c1ccc(S(N)(=O)=O)cc1. The lowest BCUT2D eigenvalue weighted by Crippen LogP contribution is -2.32. The quantitative estimate of drug-likeness (QED) is 0.727. The van der Waals surface area contributed by atoms with Crippen LogP contribution in [0.2, 0.25) is 0 Å². The highest BCUT2D eigenvalue weighted by atomic mass is 32.2. The number of aliphatic hydroxyl groups is 1. The summed E-state index contributed by atoms with van der Waals surface area (Å²) < 4.78 is 22.3. The molecule has 1 rings (SSSR count). The molecule has 2 unspecified atom stereocenters. The second-order valence-corrected chi connectivity index (χ2v) is 6.62. The molecule has 0 radical (unpaired) electrons. The van der Waals surface area contributed by atoms with E-state index in [1.165, 1.54) is 12.1 Å². The Bertz CT molecular complexity index is 497. The molecule has 6 heteroatoms. The number of benzene rings is 1. The number of aliphatic hydroxyl groups excluding tert-OH is 1. The van der Waals surface area contributed by atoms with Gasteiger partial charge < -0.3 is 10.4 Å². The van der Waals surface area contributed by atoms with Crippen molar-refractivity contribution in [2.75, 3.05) is 6.54 Å². The van der Waals surface area contributed by atoms with Gasteiger partial charge in [0, 0.05) is 12.6 Å². The maximum atomic E-state index is 11.1. The molecule has 2 atom stereocenters. The molecule has 0 spiro atoms.